The molecular formula is C23H41NO5S. The summed E-state index contributed by atoms with van der Waals surface area (Å²) in [5.41, 5.74) is -0.522. The van der Waals surface area contributed by atoms with E-state index in [2.05, 4.69) is 6.92 Å². The van der Waals surface area contributed by atoms with E-state index in [9.17, 15) is 14.4 Å². The SMILES string of the molecule is CCCCCC(CCN1C(=O)CSC1CCCCCCC(=O)O)OC(=O)C(C)(C)C. The molecule has 1 amide bonds. The van der Waals surface area contributed by atoms with Gasteiger partial charge in [-0.25, -0.2) is 0 Å². The highest BCUT2D eigenvalue weighted by atomic mass is 32.2. The van der Waals surface area contributed by atoms with Gasteiger partial charge in [0.1, 0.15) is 6.10 Å². The molecule has 1 rings (SSSR count). The number of esters is 1. The molecule has 174 valence electrons. The van der Waals surface area contributed by atoms with E-state index in [1.165, 1.54) is 0 Å². The van der Waals surface area contributed by atoms with E-state index in [0.717, 1.165) is 51.4 Å². The van der Waals surface area contributed by atoms with Gasteiger partial charge in [-0.15, -0.1) is 11.8 Å². The van der Waals surface area contributed by atoms with Gasteiger partial charge in [-0.3, -0.25) is 14.4 Å². The first-order valence-corrected chi connectivity index (χ1v) is 12.5. The molecule has 1 saturated heterocycles. The molecule has 2 atom stereocenters. The summed E-state index contributed by atoms with van der Waals surface area (Å²) in [5.74, 6) is -0.223. The van der Waals surface area contributed by atoms with E-state index in [-0.39, 0.29) is 29.8 Å². The minimum absolute atomic E-state index is 0.140. The molecule has 1 aliphatic heterocycles. The maximum atomic E-state index is 12.4. The van der Waals surface area contributed by atoms with Gasteiger partial charge in [-0.2, -0.15) is 0 Å². The number of thioether (sulfide) groups is 1. The number of nitrogens with zero attached hydrogens (tertiary/aromatic N) is 1. The predicted octanol–water partition coefficient (Wildman–Crippen LogP) is 5.24. The van der Waals surface area contributed by atoms with Gasteiger partial charge < -0.3 is 14.7 Å². The topological polar surface area (TPSA) is 83.9 Å². The van der Waals surface area contributed by atoms with Crippen LogP contribution in [0.3, 0.4) is 0 Å². The van der Waals surface area contributed by atoms with Crippen LogP contribution in [0.4, 0.5) is 0 Å². The van der Waals surface area contributed by atoms with Crippen molar-refractivity contribution < 1.29 is 24.2 Å². The summed E-state index contributed by atoms with van der Waals surface area (Å²) in [4.78, 5) is 37.3. The smallest absolute Gasteiger partial charge is 0.311 e. The first-order valence-electron chi connectivity index (χ1n) is 11.5. The molecule has 1 N–H and O–H groups in total. The fraction of sp³-hybridized carbons (Fsp3) is 0.870. The predicted molar refractivity (Wildman–Crippen MR) is 121 cm³/mol. The summed E-state index contributed by atoms with van der Waals surface area (Å²) in [6, 6.07) is 0. The van der Waals surface area contributed by atoms with Crippen LogP contribution < -0.4 is 0 Å². The Morgan fingerprint density at radius 2 is 1.83 bits per heavy atom. The minimum Gasteiger partial charge on any atom is -0.481 e. The molecule has 1 aliphatic rings. The van der Waals surface area contributed by atoms with Crippen molar-refractivity contribution >= 4 is 29.6 Å². The highest BCUT2D eigenvalue weighted by molar-refractivity contribution is 8.00. The average Bonchev–Trinajstić information content (AvgIpc) is 3.01. The van der Waals surface area contributed by atoms with Crippen LogP contribution in [0.1, 0.15) is 98.3 Å². The number of hydrogen-bond donors (Lipinski definition) is 1. The van der Waals surface area contributed by atoms with E-state index < -0.39 is 11.4 Å². The van der Waals surface area contributed by atoms with Gasteiger partial charge in [-0.1, -0.05) is 39.0 Å². The summed E-state index contributed by atoms with van der Waals surface area (Å²) >= 11 is 1.69. The molecule has 6 nitrogen and oxygen atoms in total. The Kier molecular flexibility index (Phi) is 12.5. The van der Waals surface area contributed by atoms with Gasteiger partial charge in [0.15, 0.2) is 0 Å². The number of unbranched alkanes of at least 4 members (excludes halogenated alkanes) is 5. The molecule has 1 fully saturated rings. The molecule has 1 heterocycles. The number of rotatable bonds is 15. The highest BCUT2D eigenvalue weighted by Gasteiger charge is 2.32. The van der Waals surface area contributed by atoms with Crippen molar-refractivity contribution in [3.8, 4) is 0 Å². The second-order valence-electron chi connectivity index (χ2n) is 9.26. The van der Waals surface area contributed by atoms with Crippen molar-refractivity contribution in [2.45, 2.75) is 110 Å². The number of hydrogen-bond acceptors (Lipinski definition) is 5. The molecular weight excluding hydrogens is 402 g/mol. The molecule has 0 aromatic carbocycles. The Morgan fingerprint density at radius 1 is 1.13 bits per heavy atom. The van der Waals surface area contributed by atoms with E-state index in [0.29, 0.717) is 25.1 Å². The highest BCUT2D eigenvalue weighted by Crippen LogP contribution is 2.30. The van der Waals surface area contributed by atoms with Crippen LogP contribution in [0, 0.1) is 5.41 Å². The lowest BCUT2D eigenvalue weighted by atomic mass is 9.97. The normalized spacial score (nSPS) is 17.9. The number of amides is 1. The summed E-state index contributed by atoms with van der Waals surface area (Å²) in [7, 11) is 0. The Labute approximate surface area is 186 Å². The Morgan fingerprint density at radius 3 is 2.47 bits per heavy atom. The lowest BCUT2D eigenvalue weighted by molar-refractivity contribution is -0.159. The van der Waals surface area contributed by atoms with Crippen molar-refractivity contribution in [3.63, 3.8) is 0 Å². The largest absolute Gasteiger partial charge is 0.481 e. The van der Waals surface area contributed by atoms with Gasteiger partial charge >= 0.3 is 11.9 Å². The van der Waals surface area contributed by atoms with Crippen LogP contribution in [-0.2, 0) is 19.1 Å². The second kappa shape index (κ2) is 13.9. The molecule has 0 aromatic heterocycles. The van der Waals surface area contributed by atoms with Gasteiger partial charge in [0.2, 0.25) is 5.91 Å². The van der Waals surface area contributed by atoms with Crippen molar-refractivity contribution in [2.75, 3.05) is 12.3 Å². The molecule has 0 radical (unpaired) electrons. The van der Waals surface area contributed by atoms with Crippen LogP contribution in [0.25, 0.3) is 0 Å². The average molecular weight is 444 g/mol. The minimum atomic E-state index is -0.737. The van der Waals surface area contributed by atoms with Gasteiger partial charge in [0.05, 0.1) is 16.5 Å². The van der Waals surface area contributed by atoms with Crippen molar-refractivity contribution in [3.05, 3.63) is 0 Å². The lowest BCUT2D eigenvalue weighted by Crippen LogP contribution is -2.36. The second-order valence-corrected chi connectivity index (χ2v) is 10.4. The van der Waals surface area contributed by atoms with E-state index in [1.54, 1.807) is 11.8 Å². The molecule has 30 heavy (non-hydrogen) atoms. The van der Waals surface area contributed by atoms with Crippen molar-refractivity contribution in [1.82, 2.24) is 4.90 Å². The lowest BCUT2D eigenvalue weighted by Gasteiger charge is -2.28. The molecule has 0 bridgehead atoms. The monoisotopic (exact) mass is 443 g/mol. The third-order valence-electron chi connectivity index (χ3n) is 5.37. The third kappa shape index (κ3) is 10.7. The summed E-state index contributed by atoms with van der Waals surface area (Å²) in [6.45, 7) is 8.38. The third-order valence-corrected chi connectivity index (χ3v) is 6.66. The molecule has 0 spiro atoms. The molecule has 2 unspecified atom stereocenters. The first kappa shape index (κ1) is 26.8. The number of carbonyl (C=O) groups excluding carboxylic acids is 2. The van der Waals surface area contributed by atoms with Crippen LogP contribution in [0.15, 0.2) is 0 Å². The molecule has 0 saturated carbocycles. The number of carbonyl (C=O) groups is 3. The van der Waals surface area contributed by atoms with E-state index in [4.69, 9.17) is 9.84 Å². The van der Waals surface area contributed by atoms with Gasteiger partial charge in [-0.05, 0) is 46.5 Å². The zero-order valence-electron chi connectivity index (χ0n) is 19.3. The zero-order chi connectivity index (χ0) is 22.6. The van der Waals surface area contributed by atoms with Crippen molar-refractivity contribution in [2.24, 2.45) is 5.41 Å². The Balaban J connectivity index is 2.49. The fourth-order valence-electron chi connectivity index (χ4n) is 3.45. The first-order chi connectivity index (χ1) is 14.1. The van der Waals surface area contributed by atoms with E-state index >= 15 is 0 Å². The maximum absolute atomic E-state index is 12.4. The quantitative estimate of drug-likeness (QED) is 0.275. The summed E-state index contributed by atoms with van der Waals surface area (Å²) in [6.07, 6.45) is 9.46. The van der Waals surface area contributed by atoms with Crippen molar-refractivity contribution in [1.29, 1.82) is 0 Å². The maximum Gasteiger partial charge on any atom is 0.311 e. The van der Waals surface area contributed by atoms with Crippen LogP contribution >= 0.6 is 11.8 Å². The standard InChI is InChI=1S/C23H41NO5S/c1-5-6-9-12-18(29-22(28)23(2,3)4)15-16-24-19(25)17-30-20(24)13-10-7-8-11-14-21(26)27/h18,20H,5-17H2,1-4H3,(H,26,27). The molecule has 0 aromatic rings. The van der Waals surface area contributed by atoms with Crippen LogP contribution in [0.2, 0.25) is 0 Å². The number of carboxylic acid groups (broad SMARTS) is 1. The van der Waals surface area contributed by atoms with Gasteiger partial charge in [0, 0.05) is 19.4 Å². The van der Waals surface area contributed by atoms with Crippen LogP contribution in [-0.4, -0.2) is 51.6 Å². The number of carboxylic acids is 1. The van der Waals surface area contributed by atoms with E-state index in [1.807, 2.05) is 25.7 Å². The number of aliphatic carboxylic acids is 1. The van der Waals surface area contributed by atoms with Gasteiger partial charge in [0.25, 0.3) is 0 Å². The zero-order valence-corrected chi connectivity index (χ0v) is 20.1. The summed E-state index contributed by atoms with van der Waals surface area (Å²) in [5, 5.41) is 8.89. The van der Waals surface area contributed by atoms with Crippen LogP contribution in [0.5, 0.6) is 0 Å². The Hall–Kier alpha value is -1.24. The molecule has 0 aliphatic carbocycles. The number of ether oxygens (including phenoxy) is 1. The Bertz CT molecular complexity index is 546. The summed E-state index contributed by atoms with van der Waals surface area (Å²) < 4.78 is 5.80. The molecule has 7 heteroatoms. The fourth-order valence-corrected chi connectivity index (χ4v) is 4.69.